The molecule has 0 amide bonds. The maximum absolute atomic E-state index is 6.02. The van der Waals surface area contributed by atoms with E-state index in [0.717, 1.165) is 23.5 Å². The predicted molar refractivity (Wildman–Crippen MR) is 60.5 cm³/mol. The topological polar surface area (TPSA) is 35.2 Å². The first-order chi connectivity index (χ1) is 6.79. The zero-order chi connectivity index (χ0) is 10.4. The molecule has 0 spiro atoms. The van der Waals surface area contributed by atoms with E-state index in [2.05, 4.69) is 11.8 Å². The highest BCUT2D eigenvalue weighted by Gasteiger charge is 2.12. The highest BCUT2D eigenvalue weighted by atomic mass is 32.1. The van der Waals surface area contributed by atoms with Gasteiger partial charge < -0.3 is 10.5 Å². The van der Waals surface area contributed by atoms with Crippen LogP contribution in [0.15, 0.2) is 11.4 Å². The molecule has 0 aliphatic rings. The minimum atomic E-state index is 0.0470. The van der Waals surface area contributed by atoms with Crippen LogP contribution in [0.1, 0.15) is 30.7 Å². The molecule has 0 radical (unpaired) electrons. The maximum Gasteiger partial charge on any atom is 0.134 e. The largest absolute Gasteiger partial charge is 0.496 e. The molecule has 1 atom stereocenters. The number of thiophene rings is 1. The summed E-state index contributed by atoms with van der Waals surface area (Å²) in [5.41, 5.74) is 6.02. The molecule has 1 rings (SSSR count). The summed E-state index contributed by atoms with van der Waals surface area (Å²) in [6, 6.07) is 2.00. The highest BCUT2D eigenvalue weighted by Crippen LogP contribution is 2.31. The second-order valence-electron chi connectivity index (χ2n) is 2.93. The van der Waals surface area contributed by atoms with E-state index in [0.29, 0.717) is 0 Å². The van der Waals surface area contributed by atoms with Crippen molar-refractivity contribution in [2.75, 3.05) is 7.11 Å². The van der Waals surface area contributed by atoms with E-state index in [9.17, 15) is 0 Å². The third kappa shape index (κ3) is 2.76. The number of hydrogen-bond donors (Lipinski definition) is 1. The minimum Gasteiger partial charge on any atom is -0.496 e. The maximum atomic E-state index is 6.02. The zero-order valence-electron chi connectivity index (χ0n) is 8.54. The van der Waals surface area contributed by atoms with E-state index >= 15 is 0 Å². The van der Waals surface area contributed by atoms with Crippen LogP contribution in [0.4, 0.5) is 0 Å². The van der Waals surface area contributed by atoms with Gasteiger partial charge in [0, 0.05) is 12.5 Å². The Balaban J connectivity index is 2.58. The molecule has 1 aromatic rings. The van der Waals surface area contributed by atoms with Gasteiger partial charge in [-0.05, 0) is 24.8 Å². The molecule has 0 aromatic carbocycles. The van der Waals surface area contributed by atoms with Crippen LogP contribution < -0.4 is 10.5 Å². The van der Waals surface area contributed by atoms with Crippen LogP contribution in [-0.2, 0) is 0 Å². The molecule has 0 fully saturated rings. The Hall–Kier alpha value is -0.980. The Morgan fingerprint density at radius 1 is 1.64 bits per heavy atom. The molecule has 2 nitrogen and oxygen atoms in total. The van der Waals surface area contributed by atoms with Crippen molar-refractivity contribution in [3.05, 3.63) is 16.3 Å². The van der Waals surface area contributed by atoms with E-state index in [1.54, 1.807) is 18.4 Å². The molecule has 1 aromatic heterocycles. The summed E-state index contributed by atoms with van der Waals surface area (Å²) in [6.45, 7) is 1.84. The van der Waals surface area contributed by atoms with Crippen LogP contribution in [0.5, 0.6) is 5.75 Å². The van der Waals surface area contributed by atoms with Crippen LogP contribution in [0, 0.1) is 11.8 Å². The first kappa shape index (κ1) is 11.1. The Morgan fingerprint density at radius 3 is 3.07 bits per heavy atom. The van der Waals surface area contributed by atoms with Gasteiger partial charge in [0.15, 0.2) is 0 Å². The Morgan fingerprint density at radius 2 is 2.43 bits per heavy atom. The molecule has 0 saturated carbocycles. The fourth-order valence-electron chi connectivity index (χ4n) is 1.23. The van der Waals surface area contributed by atoms with Crippen LogP contribution >= 0.6 is 11.3 Å². The number of nitrogens with two attached hydrogens (primary N) is 1. The SMILES string of the molecule is CC#CCCC(N)c1sccc1OC. The predicted octanol–water partition coefficient (Wildman–Crippen LogP) is 2.56. The molecule has 3 heteroatoms. The smallest absolute Gasteiger partial charge is 0.134 e. The quantitative estimate of drug-likeness (QED) is 0.773. The molecule has 1 heterocycles. The van der Waals surface area contributed by atoms with Crippen molar-refractivity contribution in [2.45, 2.75) is 25.8 Å². The molecule has 76 valence electrons. The van der Waals surface area contributed by atoms with E-state index < -0.39 is 0 Å². The molecule has 0 aliphatic carbocycles. The van der Waals surface area contributed by atoms with Gasteiger partial charge in [-0.1, -0.05) is 0 Å². The van der Waals surface area contributed by atoms with Crippen LogP contribution in [-0.4, -0.2) is 7.11 Å². The van der Waals surface area contributed by atoms with Gasteiger partial charge in [-0.25, -0.2) is 0 Å². The second kappa shape index (κ2) is 5.69. The van der Waals surface area contributed by atoms with Crippen LogP contribution in [0.3, 0.4) is 0 Å². The molecule has 2 N–H and O–H groups in total. The van der Waals surface area contributed by atoms with Crippen molar-refractivity contribution in [3.8, 4) is 17.6 Å². The Labute approximate surface area is 89.1 Å². The summed E-state index contributed by atoms with van der Waals surface area (Å²) in [4.78, 5) is 1.12. The summed E-state index contributed by atoms with van der Waals surface area (Å²) in [5.74, 6) is 6.77. The lowest BCUT2D eigenvalue weighted by Gasteiger charge is -2.09. The Kier molecular flexibility index (Phi) is 4.51. The standard InChI is InChI=1S/C11H15NOS/c1-3-4-5-6-9(12)11-10(13-2)7-8-14-11/h7-9H,5-6,12H2,1-2H3. The number of hydrogen-bond acceptors (Lipinski definition) is 3. The lowest BCUT2D eigenvalue weighted by atomic mass is 10.1. The average Bonchev–Trinajstić information content (AvgIpc) is 2.65. The van der Waals surface area contributed by atoms with E-state index in [4.69, 9.17) is 10.5 Å². The average molecular weight is 209 g/mol. The molecular weight excluding hydrogens is 194 g/mol. The van der Waals surface area contributed by atoms with Gasteiger partial charge in [-0.2, -0.15) is 0 Å². The minimum absolute atomic E-state index is 0.0470. The number of rotatable bonds is 4. The fraction of sp³-hybridized carbons (Fsp3) is 0.455. The van der Waals surface area contributed by atoms with Crippen molar-refractivity contribution in [2.24, 2.45) is 5.73 Å². The fourth-order valence-corrected chi connectivity index (χ4v) is 2.13. The molecular formula is C11H15NOS. The molecule has 0 saturated heterocycles. The lowest BCUT2D eigenvalue weighted by molar-refractivity contribution is 0.408. The van der Waals surface area contributed by atoms with Crippen molar-refractivity contribution >= 4 is 11.3 Å². The summed E-state index contributed by atoms with van der Waals surface area (Å²) < 4.78 is 5.21. The second-order valence-corrected chi connectivity index (χ2v) is 3.87. The van der Waals surface area contributed by atoms with Crippen molar-refractivity contribution in [1.29, 1.82) is 0 Å². The highest BCUT2D eigenvalue weighted by molar-refractivity contribution is 7.10. The number of methoxy groups -OCH3 is 1. The van der Waals surface area contributed by atoms with Gasteiger partial charge in [0.25, 0.3) is 0 Å². The van der Waals surface area contributed by atoms with E-state index in [-0.39, 0.29) is 6.04 Å². The normalized spacial score (nSPS) is 11.6. The molecule has 14 heavy (non-hydrogen) atoms. The Bertz CT molecular complexity index is 335. The van der Waals surface area contributed by atoms with Crippen LogP contribution in [0.2, 0.25) is 0 Å². The van der Waals surface area contributed by atoms with Crippen LogP contribution in [0.25, 0.3) is 0 Å². The first-order valence-corrected chi connectivity index (χ1v) is 5.44. The van der Waals surface area contributed by atoms with E-state index in [1.165, 1.54) is 0 Å². The monoisotopic (exact) mass is 209 g/mol. The van der Waals surface area contributed by atoms with Gasteiger partial charge in [-0.15, -0.1) is 23.2 Å². The summed E-state index contributed by atoms with van der Waals surface area (Å²) in [7, 11) is 1.67. The van der Waals surface area contributed by atoms with Gasteiger partial charge in [0.2, 0.25) is 0 Å². The molecule has 0 aliphatic heterocycles. The van der Waals surface area contributed by atoms with Crippen molar-refractivity contribution in [3.63, 3.8) is 0 Å². The van der Waals surface area contributed by atoms with Crippen molar-refractivity contribution in [1.82, 2.24) is 0 Å². The third-order valence-electron chi connectivity index (χ3n) is 1.97. The summed E-state index contributed by atoms with van der Waals surface area (Å²) >= 11 is 1.64. The van der Waals surface area contributed by atoms with Crippen molar-refractivity contribution < 1.29 is 4.74 Å². The molecule has 0 bridgehead atoms. The zero-order valence-corrected chi connectivity index (χ0v) is 9.36. The van der Waals surface area contributed by atoms with Gasteiger partial charge in [0.1, 0.15) is 5.75 Å². The molecule has 1 unspecified atom stereocenters. The first-order valence-electron chi connectivity index (χ1n) is 4.56. The van der Waals surface area contributed by atoms with Gasteiger partial charge >= 0.3 is 0 Å². The lowest BCUT2D eigenvalue weighted by Crippen LogP contribution is -2.09. The van der Waals surface area contributed by atoms with Gasteiger partial charge in [-0.3, -0.25) is 0 Å². The summed E-state index contributed by atoms with van der Waals surface area (Å²) in [6.07, 6.45) is 1.73. The van der Waals surface area contributed by atoms with Gasteiger partial charge in [0.05, 0.1) is 12.0 Å². The summed E-state index contributed by atoms with van der Waals surface area (Å²) in [5, 5.41) is 2.00. The third-order valence-corrected chi connectivity index (χ3v) is 3.00. The van der Waals surface area contributed by atoms with E-state index in [1.807, 2.05) is 18.4 Å². The number of ether oxygens (including phenoxy) is 1.